The lowest BCUT2D eigenvalue weighted by Gasteiger charge is -2.23. The number of benzene rings is 1. The minimum Gasteiger partial charge on any atom is -0.478 e. The lowest BCUT2D eigenvalue weighted by Crippen LogP contribution is -2.43. The van der Waals surface area contributed by atoms with Gasteiger partial charge in [-0.1, -0.05) is 32.0 Å². The van der Waals surface area contributed by atoms with Crippen molar-refractivity contribution in [3.8, 4) is 0 Å². The minimum absolute atomic E-state index is 0.0880. The van der Waals surface area contributed by atoms with Crippen molar-refractivity contribution in [3.05, 3.63) is 42.5 Å². The van der Waals surface area contributed by atoms with E-state index in [1.807, 2.05) is 6.07 Å². The number of carboxylic acids is 2. The normalized spacial score (nSPS) is 16.4. The first-order valence-corrected chi connectivity index (χ1v) is 12.8. The van der Waals surface area contributed by atoms with Crippen molar-refractivity contribution in [1.82, 2.24) is 15.1 Å². The second-order valence-corrected chi connectivity index (χ2v) is 9.89. The van der Waals surface area contributed by atoms with Gasteiger partial charge in [0.05, 0.1) is 10.1 Å². The fraction of sp³-hybridized carbons (Fsp3) is 0.522. The summed E-state index contributed by atoms with van der Waals surface area (Å²) in [7, 11) is -3.33. The van der Waals surface area contributed by atoms with Crippen LogP contribution in [0.25, 0.3) is 0 Å². The van der Waals surface area contributed by atoms with E-state index in [4.69, 9.17) is 10.2 Å². The number of likely N-dealkylation sites (tertiary alicyclic amines) is 1. The SMILES string of the molecule is CCN(CC)CCNC(=O)N1CCCC(S(=O)(=O)c2ccccc2)CC1.O=C(O)C=CC(=O)O. The fourth-order valence-electron chi connectivity index (χ4n) is 3.50. The molecule has 2 rings (SSSR count). The van der Waals surface area contributed by atoms with Gasteiger partial charge in [0.1, 0.15) is 0 Å². The number of rotatable bonds is 9. The Balaban J connectivity index is 0.000000620. The van der Waals surface area contributed by atoms with Crippen LogP contribution in [0, 0.1) is 0 Å². The number of carboxylic acid groups (broad SMARTS) is 2. The van der Waals surface area contributed by atoms with E-state index in [2.05, 4.69) is 24.1 Å². The van der Waals surface area contributed by atoms with E-state index in [0.717, 1.165) is 19.6 Å². The van der Waals surface area contributed by atoms with Crippen LogP contribution in [0.3, 0.4) is 0 Å². The minimum atomic E-state index is -3.33. The van der Waals surface area contributed by atoms with Crippen molar-refractivity contribution in [2.75, 3.05) is 39.3 Å². The molecule has 1 atom stereocenters. The maximum absolute atomic E-state index is 12.8. The maximum Gasteiger partial charge on any atom is 0.328 e. The Hall–Kier alpha value is -2.92. The summed E-state index contributed by atoms with van der Waals surface area (Å²) in [4.78, 5) is 35.9. The fourth-order valence-corrected chi connectivity index (χ4v) is 5.31. The molecule has 0 aliphatic carbocycles. The first kappa shape index (κ1) is 29.1. The molecular formula is C23H35N3O7S. The molecule has 1 aliphatic heterocycles. The van der Waals surface area contributed by atoms with E-state index in [0.29, 0.717) is 55.9 Å². The highest BCUT2D eigenvalue weighted by atomic mass is 32.2. The van der Waals surface area contributed by atoms with Crippen LogP contribution in [0.15, 0.2) is 47.4 Å². The first-order chi connectivity index (χ1) is 16.1. The van der Waals surface area contributed by atoms with E-state index in [1.165, 1.54) is 0 Å². The quantitative estimate of drug-likeness (QED) is 0.440. The van der Waals surface area contributed by atoms with Gasteiger partial charge in [0.15, 0.2) is 9.84 Å². The number of carbonyl (C=O) groups is 3. The number of nitrogens with zero attached hydrogens (tertiary/aromatic N) is 2. The number of likely N-dealkylation sites (N-methyl/N-ethyl adjacent to an activating group) is 1. The summed E-state index contributed by atoms with van der Waals surface area (Å²) in [5, 5.41) is 18.2. The molecule has 1 fully saturated rings. The van der Waals surface area contributed by atoms with Crippen molar-refractivity contribution < 1.29 is 33.0 Å². The number of aliphatic carboxylic acids is 2. The van der Waals surface area contributed by atoms with Crippen LogP contribution in [0.5, 0.6) is 0 Å². The van der Waals surface area contributed by atoms with Crippen molar-refractivity contribution >= 4 is 27.8 Å². The highest BCUT2D eigenvalue weighted by molar-refractivity contribution is 7.92. The summed E-state index contributed by atoms with van der Waals surface area (Å²) < 4.78 is 25.6. The molecule has 1 saturated heterocycles. The molecule has 0 saturated carbocycles. The summed E-state index contributed by atoms with van der Waals surface area (Å²) in [5.41, 5.74) is 0. The molecule has 2 amide bonds. The lowest BCUT2D eigenvalue weighted by molar-refractivity contribution is -0.134. The molecule has 0 aromatic heterocycles. The van der Waals surface area contributed by atoms with Crippen LogP contribution >= 0.6 is 0 Å². The number of hydrogen-bond acceptors (Lipinski definition) is 6. The Morgan fingerprint density at radius 1 is 1.03 bits per heavy atom. The Kier molecular flexibility index (Phi) is 12.9. The second kappa shape index (κ2) is 15.1. The third kappa shape index (κ3) is 10.3. The molecule has 3 N–H and O–H groups in total. The van der Waals surface area contributed by atoms with E-state index in [9.17, 15) is 22.8 Å². The third-order valence-corrected chi connectivity index (χ3v) is 7.72. The highest BCUT2D eigenvalue weighted by Crippen LogP contribution is 2.24. The number of amides is 2. The zero-order valence-corrected chi connectivity index (χ0v) is 20.5. The van der Waals surface area contributed by atoms with Crippen molar-refractivity contribution in [1.29, 1.82) is 0 Å². The van der Waals surface area contributed by atoms with Crippen molar-refractivity contribution in [2.45, 2.75) is 43.3 Å². The van der Waals surface area contributed by atoms with Gasteiger partial charge in [0.2, 0.25) is 0 Å². The second-order valence-electron chi connectivity index (χ2n) is 7.67. The predicted molar refractivity (Wildman–Crippen MR) is 128 cm³/mol. The van der Waals surface area contributed by atoms with Gasteiger partial charge in [-0.05, 0) is 44.5 Å². The van der Waals surface area contributed by atoms with Gasteiger partial charge in [-0.2, -0.15) is 0 Å². The van der Waals surface area contributed by atoms with E-state index >= 15 is 0 Å². The zero-order valence-electron chi connectivity index (χ0n) is 19.7. The molecular weight excluding hydrogens is 462 g/mol. The Morgan fingerprint density at radius 3 is 2.15 bits per heavy atom. The average molecular weight is 498 g/mol. The molecule has 1 heterocycles. The monoisotopic (exact) mass is 497 g/mol. The molecule has 34 heavy (non-hydrogen) atoms. The largest absolute Gasteiger partial charge is 0.478 e. The van der Waals surface area contributed by atoms with Gasteiger partial charge >= 0.3 is 18.0 Å². The average Bonchev–Trinajstić information content (AvgIpc) is 3.08. The van der Waals surface area contributed by atoms with Crippen LogP contribution in [0.2, 0.25) is 0 Å². The number of carbonyl (C=O) groups excluding carboxylic acids is 1. The molecule has 1 unspecified atom stereocenters. The first-order valence-electron chi connectivity index (χ1n) is 11.3. The topological polar surface area (TPSA) is 144 Å². The summed E-state index contributed by atoms with van der Waals surface area (Å²) in [6, 6.07) is 8.53. The molecule has 0 bridgehead atoms. The Labute approximate surface area is 201 Å². The van der Waals surface area contributed by atoms with Gasteiger partial charge in [-0.25, -0.2) is 22.8 Å². The van der Waals surface area contributed by atoms with Crippen LogP contribution in [-0.4, -0.2) is 90.9 Å². The van der Waals surface area contributed by atoms with Gasteiger partial charge in [-0.15, -0.1) is 0 Å². The molecule has 1 aromatic carbocycles. The van der Waals surface area contributed by atoms with Gasteiger partial charge in [0.25, 0.3) is 0 Å². The molecule has 0 spiro atoms. The Morgan fingerprint density at radius 2 is 1.62 bits per heavy atom. The number of nitrogens with one attached hydrogen (secondary N) is 1. The van der Waals surface area contributed by atoms with Gasteiger partial charge < -0.3 is 25.3 Å². The van der Waals surface area contributed by atoms with E-state index in [-0.39, 0.29) is 6.03 Å². The smallest absolute Gasteiger partial charge is 0.328 e. The van der Waals surface area contributed by atoms with Crippen LogP contribution in [0.1, 0.15) is 33.1 Å². The molecule has 190 valence electrons. The summed E-state index contributed by atoms with van der Waals surface area (Å²) in [6.07, 6.45) is 2.91. The van der Waals surface area contributed by atoms with Crippen molar-refractivity contribution in [3.63, 3.8) is 0 Å². The van der Waals surface area contributed by atoms with Crippen LogP contribution in [-0.2, 0) is 19.4 Å². The number of sulfone groups is 1. The van der Waals surface area contributed by atoms with Gasteiger partial charge in [-0.3, -0.25) is 0 Å². The lowest BCUT2D eigenvalue weighted by atomic mass is 10.2. The Bertz CT molecular complexity index is 900. The van der Waals surface area contributed by atoms with E-state index < -0.39 is 27.0 Å². The molecule has 11 heteroatoms. The standard InChI is InChI=1S/C19H31N3O3S.C4H4O4/c1-3-21(4-2)16-13-20-19(23)22-14-8-11-18(12-15-22)26(24,25)17-9-6-5-7-10-17;5-3(6)1-2-4(7)8/h5-7,9-10,18H,3-4,8,11-16H2,1-2H3,(H,20,23);1-2H,(H,5,6)(H,7,8). The van der Waals surface area contributed by atoms with Crippen LogP contribution in [0.4, 0.5) is 4.79 Å². The maximum atomic E-state index is 12.8. The highest BCUT2D eigenvalue weighted by Gasteiger charge is 2.30. The summed E-state index contributed by atoms with van der Waals surface area (Å²) in [6.45, 7) is 8.68. The number of urea groups is 1. The van der Waals surface area contributed by atoms with Crippen LogP contribution < -0.4 is 5.32 Å². The summed E-state index contributed by atoms with van der Waals surface area (Å²) in [5.74, 6) is -2.51. The molecule has 1 aliphatic rings. The molecule has 0 radical (unpaired) electrons. The number of hydrogen-bond donors (Lipinski definition) is 3. The molecule has 1 aromatic rings. The zero-order chi connectivity index (χ0) is 25.6. The van der Waals surface area contributed by atoms with E-state index in [1.54, 1.807) is 29.2 Å². The third-order valence-electron chi connectivity index (χ3n) is 5.44. The predicted octanol–water partition coefficient (Wildman–Crippen LogP) is 2.08. The molecule has 10 nitrogen and oxygen atoms in total. The van der Waals surface area contributed by atoms with Gasteiger partial charge in [0, 0.05) is 38.3 Å². The summed E-state index contributed by atoms with van der Waals surface area (Å²) >= 11 is 0. The van der Waals surface area contributed by atoms with Crippen molar-refractivity contribution in [2.24, 2.45) is 0 Å².